The van der Waals surface area contributed by atoms with Crippen LogP contribution in [-0.2, 0) is 21.4 Å². The molecule has 0 aliphatic rings. The first kappa shape index (κ1) is 20.9. The number of nitrogens with zero attached hydrogens (tertiary/aromatic N) is 1. The molecule has 0 radical (unpaired) electrons. The molecule has 2 rings (SSSR count). The fraction of sp³-hybridized carbons (Fsp3) is 0.350. The van der Waals surface area contributed by atoms with Gasteiger partial charge in [-0.1, -0.05) is 36.4 Å². The van der Waals surface area contributed by atoms with E-state index in [1.807, 2.05) is 51.1 Å². The molecule has 0 aromatic heterocycles. The Kier molecular flexibility index (Phi) is 6.98. The summed E-state index contributed by atoms with van der Waals surface area (Å²) in [5.41, 5.74) is 2.35. The number of hydrogen-bond acceptors (Lipinski definition) is 4. The maximum atomic E-state index is 12.5. The Labute approximate surface area is 161 Å². The summed E-state index contributed by atoms with van der Waals surface area (Å²) in [7, 11) is -3.56. The first-order chi connectivity index (χ1) is 12.7. The molecule has 2 aromatic rings. The summed E-state index contributed by atoms with van der Waals surface area (Å²) >= 11 is 0. The summed E-state index contributed by atoms with van der Waals surface area (Å²) < 4.78 is 31.2. The van der Waals surface area contributed by atoms with Gasteiger partial charge in [-0.3, -0.25) is 4.79 Å². The van der Waals surface area contributed by atoms with Crippen LogP contribution in [0.5, 0.6) is 5.75 Å². The van der Waals surface area contributed by atoms with Crippen LogP contribution < -0.4 is 10.1 Å². The number of amides is 1. The number of benzene rings is 2. The van der Waals surface area contributed by atoms with Crippen LogP contribution in [0.15, 0.2) is 48.5 Å². The van der Waals surface area contributed by atoms with Crippen molar-refractivity contribution in [2.24, 2.45) is 0 Å². The van der Waals surface area contributed by atoms with E-state index in [1.54, 1.807) is 18.2 Å². The second kappa shape index (κ2) is 9.01. The SMILES string of the molecule is Cc1ccccc1CN(CC(=O)Nc1ccccc1OC(C)C)S(C)(=O)=O. The first-order valence-electron chi connectivity index (χ1n) is 8.72. The number of rotatable bonds is 8. The Bertz CT molecular complexity index is 894. The Morgan fingerprint density at radius 2 is 1.74 bits per heavy atom. The molecule has 27 heavy (non-hydrogen) atoms. The average Bonchev–Trinajstić information content (AvgIpc) is 2.56. The normalized spacial score (nSPS) is 11.6. The Morgan fingerprint density at radius 1 is 1.11 bits per heavy atom. The molecule has 0 unspecified atom stereocenters. The number of hydrogen-bond donors (Lipinski definition) is 1. The Morgan fingerprint density at radius 3 is 2.37 bits per heavy atom. The van der Waals surface area contributed by atoms with Gasteiger partial charge in [0.2, 0.25) is 15.9 Å². The highest BCUT2D eigenvalue weighted by atomic mass is 32.2. The number of ether oxygens (including phenoxy) is 1. The topological polar surface area (TPSA) is 75.7 Å². The highest BCUT2D eigenvalue weighted by molar-refractivity contribution is 7.88. The minimum atomic E-state index is -3.56. The van der Waals surface area contributed by atoms with Crippen LogP contribution in [0.4, 0.5) is 5.69 Å². The van der Waals surface area contributed by atoms with E-state index in [4.69, 9.17) is 4.74 Å². The molecule has 6 nitrogen and oxygen atoms in total. The van der Waals surface area contributed by atoms with Crippen LogP contribution in [0.2, 0.25) is 0 Å². The molecule has 0 heterocycles. The van der Waals surface area contributed by atoms with Gasteiger partial charge in [-0.2, -0.15) is 4.31 Å². The number of nitrogens with one attached hydrogen (secondary N) is 1. The molecule has 146 valence electrons. The maximum Gasteiger partial charge on any atom is 0.239 e. The number of aryl methyl sites for hydroxylation is 1. The molecule has 0 saturated heterocycles. The van der Waals surface area contributed by atoms with Crippen molar-refractivity contribution in [3.63, 3.8) is 0 Å². The van der Waals surface area contributed by atoms with Crippen molar-refractivity contribution in [2.75, 3.05) is 18.1 Å². The zero-order valence-electron chi connectivity index (χ0n) is 16.1. The van der Waals surface area contributed by atoms with E-state index in [-0.39, 0.29) is 19.2 Å². The predicted octanol–water partition coefficient (Wildman–Crippen LogP) is 3.18. The number of anilines is 1. The zero-order chi connectivity index (χ0) is 20.0. The molecule has 1 N–H and O–H groups in total. The van der Waals surface area contributed by atoms with Crippen molar-refractivity contribution in [2.45, 2.75) is 33.4 Å². The highest BCUT2D eigenvalue weighted by Crippen LogP contribution is 2.25. The quantitative estimate of drug-likeness (QED) is 0.751. The van der Waals surface area contributed by atoms with Crippen molar-refractivity contribution in [3.05, 3.63) is 59.7 Å². The van der Waals surface area contributed by atoms with Gasteiger partial charge in [0.05, 0.1) is 24.6 Å². The lowest BCUT2D eigenvalue weighted by Gasteiger charge is -2.21. The monoisotopic (exact) mass is 390 g/mol. The number of carbonyl (C=O) groups is 1. The van der Waals surface area contributed by atoms with Gasteiger partial charge in [0.25, 0.3) is 0 Å². The van der Waals surface area contributed by atoms with E-state index in [9.17, 15) is 13.2 Å². The highest BCUT2D eigenvalue weighted by Gasteiger charge is 2.22. The van der Waals surface area contributed by atoms with E-state index in [2.05, 4.69) is 5.32 Å². The third kappa shape index (κ3) is 6.37. The lowest BCUT2D eigenvalue weighted by molar-refractivity contribution is -0.116. The fourth-order valence-corrected chi connectivity index (χ4v) is 3.27. The summed E-state index contributed by atoms with van der Waals surface area (Å²) in [5.74, 6) is 0.125. The van der Waals surface area contributed by atoms with Gasteiger partial charge in [-0.05, 0) is 44.0 Å². The van der Waals surface area contributed by atoms with E-state index in [1.165, 1.54) is 0 Å². The van der Waals surface area contributed by atoms with Crippen molar-refractivity contribution < 1.29 is 17.9 Å². The number of sulfonamides is 1. The molecule has 2 aromatic carbocycles. The molecule has 0 spiro atoms. The van der Waals surface area contributed by atoms with Crippen LogP contribution >= 0.6 is 0 Å². The van der Waals surface area contributed by atoms with Crippen molar-refractivity contribution >= 4 is 21.6 Å². The van der Waals surface area contributed by atoms with Crippen LogP contribution in [0, 0.1) is 6.92 Å². The van der Waals surface area contributed by atoms with E-state index in [0.29, 0.717) is 11.4 Å². The Balaban J connectivity index is 2.15. The average molecular weight is 391 g/mol. The molecule has 0 atom stereocenters. The molecule has 1 amide bonds. The first-order valence-corrected chi connectivity index (χ1v) is 10.6. The second-order valence-corrected chi connectivity index (χ2v) is 8.65. The molecule has 0 saturated carbocycles. The third-order valence-electron chi connectivity index (χ3n) is 3.92. The summed E-state index contributed by atoms with van der Waals surface area (Å²) in [5, 5.41) is 2.75. The molecule has 0 aliphatic carbocycles. The summed E-state index contributed by atoms with van der Waals surface area (Å²) in [6.45, 7) is 5.57. The van der Waals surface area contributed by atoms with Gasteiger partial charge in [-0.15, -0.1) is 0 Å². The van der Waals surface area contributed by atoms with Gasteiger partial charge in [0.15, 0.2) is 0 Å². The minimum Gasteiger partial charge on any atom is -0.489 e. The lowest BCUT2D eigenvalue weighted by Crippen LogP contribution is -2.37. The second-order valence-electron chi connectivity index (χ2n) is 6.67. The Hall–Kier alpha value is -2.38. The maximum absolute atomic E-state index is 12.5. The van der Waals surface area contributed by atoms with Gasteiger partial charge in [-0.25, -0.2) is 8.42 Å². The van der Waals surface area contributed by atoms with Crippen molar-refractivity contribution in [1.29, 1.82) is 0 Å². The molecule has 7 heteroatoms. The van der Waals surface area contributed by atoms with Crippen LogP contribution in [-0.4, -0.2) is 37.5 Å². The predicted molar refractivity (Wildman–Crippen MR) is 107 cm³/mol. The third-order valence-corrected chi connectivity index (χ3v) is 5.12. The summed E-state index contributed by atoms with van der Waals surface area (Å²) in [6.07, 6.45) is 1.06. The van der Waals surface area contributed by atoms with Crippen molar-refractivity contribution in [1.82, 2.24) is 4.31 Å². The van der Waals surface area contributed by atoms with Crippen LogP contribution in [0.1, 0.15) is 25.0 Å². The number of para-hydroxylation sites is 2. The molecule has 0 aliphatic heterocycles. The molecular weight excluding hydrogens is 364 g/mol. The van der Waals surface area contributed by atoms with Gasteiger partial charge < -0.3 is 10.1 Å². The molecule has 0 fully saturated rings. The van der Waals surface area contributed by atoms with Gasteiger partial charge in [0.1, 0.15) is 5.75 Å². The smallest absolute Gasteiger partial charge is 0.239 e. The lowest BCUT2D eigenvalue weighted by atomic mass is 10.1. The molecular formula is C20H26N2O4S. The largest absolute Gasteiger partial charge is 0.489 e. The van der Waals surface area contributed by atoms with Crippen LogP contribution in [0.25, 0.3) is 0 Å². The minimum absolute atomic E-state index is 0.0448. The van der Waals surface area contributed by atoms with E-state index < -0.39 is 15.9 Å². The zero-order valence-corrected chi connectivity index (χ0v) is 16.9. The standard InChI is InChI=1S/C20H26N2O4S/c1-15(2)26-19-12-8-7-11-18(19)21-20(23)14-22(27(4,24)25)13-17-10-6-5-9-16(17)3/h5-12,15H,13-14H2,1-4H3,(H,21,23). The van der Waals surface area contributed by atoms with Gasteiger partial charge in [0, 0.05) is 6.54 Å². The fourth-order valence-electron chi connectivity index (χ4n) is 2.54. The van der Waals surface area contributed by atoms with E-state index >= 15 is 0 Å². The molecule has 0 bridgehead atoms. The summed E-state index contributed by atoms with van der Waals surface area (Å²) in [6, 6.07) is 14.6. The summed E-state index contributed by atoms with van der Waals surface area (Å²) in [4.78, 5) is 12.5. The van der Waals surface area contributed by atoms with Gasteiger partial charge >= 0.3 is 0 Å². The van der Waals surface area contributed by atoms with Crippen LogP contribution in [0.3, 0.4) is 0 Å². The van der Waals surface area contributed by atoms with Crippen molar-refractivity contribution in [3.8, 4) is 5.75 Å². The van der Waals surface area contributed by atoms with E-state index in [0.717, 1.165) is 21.7 Å². The number of carbonyl (C=O) groups excluding carboxylic acids is 1.